The Kier molecular flexibility index (Phi) is 6.01. The van der Waals surface area contributed by atoms with Gasteiger partial charge in [0.1, 0.15) is 10.7 Å². The summed E-state index contributed by atoms with van der Waals surface area (Å²) in [5.41, 5.74) is 7.49. The normalized spacial score (nSPS) is 10.7. The second-order valence-corrected chi connectivity index (χ2v) is 4.97. The molecular weight excluding hydrogens is 244 g/mol. The predicted octanol–water partition coefficient (Wildman–Crippen LogP) is 1.49. The highest BCUT2D eigenvalue weighted by atomic mass is 32.1. The van der Waals surface area contributed by atoms with Crippen molar-refractivity contribution in [3.05, 3.63) is 24.0 Å². The molecule has 1 aromatic heterocycles. The maximum Gasteiger partial charge on any atom is 0.124 e. The van der Waals surface area contributed by atoms with Gasteiger partial charge in [-0.2, -0.15) is 0 Å². The fraction of sp³-hybridized carbons (Fsp3) is 0.538. The van der Waals surface area contributed by atoms with Gasteiger partial charge in [0.25, 0.3) is 0 Å². The van der Waals surface area contributed by atoms with E-state index in [0.29, 0.717) is 4.99 Å². The molecule has 0 aliphatic heterocycles. The lowest BCUT2D eigenvalue weighted by atomic mass is 10.2. The molecule has 5 heteroatoms. The number of nitrogens with zero attached hydrogens (tertiary/aromatic N) is 3. The zero-order valence-electron chi connectivity index (χ0n) is 11.4. The number of hydrogen-bond acceptors (Lipinski definition) is 4. The van der Waals surface area contributed by atoms with E-state index in [4.69, 9.17) is 18.0 Å². The first-order valence-corrected chi connectivity index (χ1v) is 6.61. The van der Waals surface area contributed by atoms with Gasteiger partial charge >= 0.3 is 0 Å². The molecule has 100 valence electrons. The van der Waals surface area contributed by atoms with Gasteiger partial charge in [-0.15, -0.1) is 0 Å². The molecule has 1 aromatic rings. The summed E-state index contributed by atoms with van der Waals surface area (Å²) in [5, 5.41) is 0. The van der Waals surface area contributed by atoms with Crippen molar-refractivity contribution in [3.63, 3.8) is 0 Å². The molecule has 0 aliphatic carbocycles. The van der Waals surface area contributed by atoms with Gasteiger partial charge in [0, 0.05) is 25.8 Å². The maximum absolute atomic E-state index is 5.74. The van der Waals surface area contributed by atoms with Gasteiger partial charge < -0.3 is 15.5 Å². The second kappa shape index (κ2) is 7.28. The zero-order valence-corrected chi connectivity index (χ0v) is 12.2. The van der Waals surface area contributed by atoms with Crippen molar-refractivity contribution in [3.8, 4) is 0 Å². The molecule has 2 N–H and O–H groups in total. The lowest BCUT2D eigenvalue weighted by Crippen LogP contribution is -2.34. The van der Waals surface area contributed by atoms with E-state index in [1.807, 2.05) is 12.1 Å². The van der Waals surface area contributed by atoms with Crippen molar-refractivity contribution < 1.29 is 0 Å². The summed E-state index contributed by atoms with van der Waals surface area (Å²) < 4.78 is 0. The number of likely N-dealkylation sites (N-methyl/N-ethyl adjacent to an activating group) is 1. The van der Waals surface area contributed by atoms with Gasteiger partial charge in [-0.1, -0.05) is 19.1 Å². The average Bonchev–Trinajstić information content (AvgIpc) is 2.34. The Morgan fingerprint density at radius 1 is 1.33 bits per heavy atom. The van der Waals surface area contributed by atoms with Crippen LogP contribution in [-0.2, 0) is 0 Å². The summed E-state index contributed by atoms with van der Waals surface area (Å²) in [4.78, 5) is 9.10. The van der Waals surface area contributed by atoms with Crippen molar-refractivity contribution in [2.75, 3.05) is 38.6 Å². The van der Waals surface area contributed by atoms with E-state index in [9.17, 15) is 0 Å². The number of thiocarbonyl (C=S) groups is 1. The van der Waals surface area contributed by atoms with E-state index in [1.165, 1.54) is 0 Å². The van der Waals surface area contributed by atoms with E-state index in [1.54, 1.807) is 6.20 Å². The highest BCUT2D eigenvalue weighted by Gasteiger charge is 2.13. The van der Waals surface area contributed by atoms with E-state index in [2.05, 4.69) is 35.8 Å². The van der Waals surface area contributed by atoms with Gasteiger partial charge in [-0.3, -0.25) is 4.98 Å². The Balaban J connectivity index is 2.93. The Hall–Kier alpha value is -1.20. The molecule has 0 aliphatic rings. The van der Waals surface area contributed by atoms with E-state index in [0.717, 1.165) is 37.4 Å². The molecule has 1 rings (SSSR count). The zero-order chi connectivity index (χ0) is 13.5. The van der Waals surface area contributed by atoms with E-state index in [-0.39, 0.29) is 0 Å². The standard InChI is InChI=1S/C13H22N4S/c1-4-8-17(10-9-16(2)3)11-6-5-7-15-12(11)13(14)18/h5-7H,4,8-10H2,1-3H3,(H2,14,18). The highest BCUT2D eigenvalue weighted by Crippen LogP contribution is 2.18. The van der Waals surface area contributed by atoms with Crippen molar-refractivity contribution in [1.29, 1.82) is 0 Å². The SMILES string of the molecule is CCCN(CCN(C)C)c1cccnc1C(N)=S. The first kappa shape index (κ1) is 14.9. The fourth-order valence-electron chi connectivity index (χ4n) is 1.79. The molecule has 0 radical (unpaired) electrons. The van der Waals surface area contributed by atoms with Crippen molar-refractivity contribution >= 4 is 22.9 Å². The summed E-state index contributed by atoms with van der Waals surface area (Å²) in [6.07, 6.45) is 2.81. The van der Waals surface area contributed by atoms with E-state index >= 15 is 0 Å². The summed E-state index contributed by atoms with van der Waals surface area (Å²) in [6, 6.07) is 3.96. The molecule has 0 fully saturated rings. The largest absolute Gasteiger partial charge is 0.388 e. The van der Waals surface area contributed by atoms with Crippen LogP contribution in [0.25, 0.3) is 0 Å². The third-order valence-electron chi connectivity index (χ3n) is 2.67. The molecule has 0 spiro atoms. The summed E-state index contributed by atoms with van der Waals surface area (Å²) in [7, 11) is 4.14. The number of nitrogens with two attached hydrogens (primary N) is 1. The van der Waals surface area contributed by atoms with Crippen LogP contribution in [0.2, 0.25) is 0 Å². The minimum atomic E-state index is 0.358. The first-order chi connectivity index (χ1) is 8.56. The average molecular weight is 266 g/mol. The van der Waals surface area contributed by atoms with Crippen LogP contribution in [0.15, 0.2) is 18.3 Å². The molecule has 0 unspecified atom stereocenters. The Labute approximate surface area is 115 Å². The number of anilines is 1. The topological polar surface area (TPSA) is 45.4 Å². The van der Waals surface area contributed by atoms with Crippen molar-refractivity contribution in [2.45, 2.75) is 13.3 Å². The number of rotatable bonds is 7. The van der Waals surface area contributed by atoms with Gasteiger partial charge in [-0.25, -0.2) is 0 Å². The summed E-state index contributed by atoms with van der Waals surface area (Å²) in [6.45, 7) is 5.09. The summed E-state index contributed by atoms with van der Waals surface area (Å²) in [5.74, 6) is 0. The lowest BCUT2D eigenvalue weighted by Gasteiger charge is -2.27. The lowest BCUT2D eigenvalue weighted by molar-refractivity contribution is 0.413. The highest BCUT2D eigenvalue weighted by molar-refractivity contribution is 7.80. The molecule has 0 aromatic carbocycles. The van der Waals surface area contributed by atoms with Crippen molar-refractivity contribution in [1.82, 2.24) is 9.88 Å². The van der Waals surface area contributed by atoms with Crippen LogP contribution < -0.4 is 10.6 Å². The van der Waals surface area contributed by atoms with Crippen LogP contribution in [0.3, 0.4) is 0 Å². The molecular formula is C13H22N4S. The van der Waals surface area contributed by atoms with Gasteiger partial charge in [-0.05, 0) is 32.6 Å². The van der Waals surface area contributed by atoms with Gasteiger partial charge in [0.2, 0.25) is 0 Å². The molecule has 0 atom stereocenters. The van der Waals surface area contributed by atoms with Gasteiger partial charge in [0.15, 0.2) is 0 Å². The van der Waals surface area contributed by atoms with E-state index < -0.39 is 0 Å². The maximum atomic E-state index is 5.74. The molecule has 4 nitrogen and oxygen atoms in total. The third kappa shape index (κ3) is 4.23. The quantitative estimate of drug-likeness (QED) is 0.758. The summed E-state index contributed by atoms with van der Waals surface area (Å²) >= 11 is 5.07. The van der Waals surface area contributed by atoms with Crippen molar-refractivity contribution in [2.24, 2.45) is 5.73 Å². The molecule has 0 saturated carbocycles. The second-order valence-electron chi connectivity index (χ2n) is 4.53. The third-order valence-corrected chi connectivity index (χ3v) is 2.86. The minimum Gasteiger partial charge on any atom is -0.388 e. The molecule has 18 heavy (non-hydrogen) atoms. The first-order valence-electron chi connectivity index (χ1n) is 6.20. The van der Waals surface area contributed by atoms with Gasteiger partial charge in [0.05, 0.1) is 5.69 Å². The number of aromatic nitrogens is 1. The minimum absolute atomic E-state index is 0.358. The van der Waals surface area contributed by atoms with Crippen LogP contribution in [0.4, 0.5) is 5.69 Å². The predicted molar refractivity (Wildman–Crippen MR) is 81.2 cm³/mol. The Morgan fingerprint density at radius 3 is 2.61 bits per heavy atom. The Bertz CT molecular complexity index is 392. The number of pyridine rings is 1. The van der Waals surface area contributed by atoms with Crippen LogP contribution in [0.1, 0.15) is 19.0 Å². The molecule has 1 heterocycles. The van der Waals surface area contributed by atoms with Crippen LogP contribution in [0, 0.1) is 0 Å². The monoisotopic (exact) mass is 266 g/mol. The number of hydrogen-bond donors (Lipinski definition) is 1. The Morgan fingerprint density at radius 2 is 2.06 bits per heavy atom. The molecule has 0 saturated heterocycles. The van der Waals surface area contributed by atoms with Crippen LogP contribution in [-0.4, -0.2) is 48.6 Å². The molecule has 0 bridgehead atoms. The smallest absolute Gasteiger partial charge is 0.124 e. The van der Waals surface area contributed by atoms with Crippen LogP contribution >= 0.6 is 12.2 Å². The fourth-order valence-corrected chi connectivity index (χ4v) is 1.94. The molecule has 0 amide bonds. The van der Waals surface area contributed by atoms with Crippen LogP contribution in [0.5, 0.6) is 0 Å².